The molecular formula is C17H17Cl2NO3. The van der Waals surface area contributed by atoms with Gasteiger partial charge in [0.05, 0.1) is 10.0 Å². The predicted octanol–water partition coefficient (Wildman–Crippen LogP) is 4.64. The molecule has 2 aromatic carbocycles. The van der Waals surface area contributed by atoms with Crippen molar-refractivity contribution in [3.05, 3.63) is 51.0 Å². The number of halogens is 2. The molecule has 0 saturated carbocycles. The zero-order valence-electron chi connectivity index (χ0n) is 13.0. The first-order valence-electron chi connectivity index (χ1n) is 6.96. The number of amides is 1. The molecule has 0 radical (unpaired) electrons. The first-order chi connectivity index (χ1) is 10.8. The van der Waals surface area contributed by atoms with Gasteiger partial charge in [0.15, 0.2) is 12.4 Å². The second-order valence-corrected chi connectivity index (χ2v) is 6.14. The smallest absolute Gasteiger partial charge is 0.262 e. The lowest BCUT2D eigenvalue weighted by atomic mass is 10.1. The van der Waals surface area contributed by atoms with Crippen LogP contribution in [0.2, 0.25) is 10.0 Å². The third kappa shape index (κ3) is 4.30. The number of phenolic OH excluding ortho intramolecular Hbond substituents is 1. The third-order valence-corrected chi connectivity index (χ3v) is 4.03. The molecule has 0 spiro atoms. The van der Waals surface area contributed by atoms with E-state index in [0.717, 1.165) is 11.1 Å². The quantitative estimate of drug-likeness (QED) is 0.787. The number of benzene rings is 2. The maximum absolute atomic E-state index is 12.0. The molecular weight excluding hydrogens is 337 g/mol. The molecule has 0 bridgehead atoms. The molecule has 6 heteroatoms. The molecule has 0 aromatic heterocycles. The molecule has 1 amide bonds. The summed E-state index contributed by atoms with van der Waals surface area (Å²) in [7, 11) is 0. The fraction of sp³-hybridized carbons (Fsp3) is 0.235. The number of hydrogen-bond acceptors (Lipinski definition) is 3. The Hall–Kier alpha value is -1.91. The highest BCUT2D eigenvalue weighted by Gasteiger charge is 2.10. The summed E-state index contributed by atoms with van der Waals surface area (Å²) in [5, 5.41) is 12.3. The van der Waals surface area contributed by atoms with Crippen molar-refractivity contribution in [2.75, 3.05) is 11.9 Å². The van der Waals surface area contributed by atoms with Crippen LogP contribution in [-0.2, 0) is 4.79 Å². The summed E-state index contributed by atoms with van der Waals surface area (Å²) in [6.07, 6.45) is 0. The average Bonchev–Trinajstić information content (AvgIpc) is 2.47. The van der Waals surface area contributed by atoms with Gasteiger partial charge in [-0.1, -0.05) is 29.3 Å². The first-order valence-corrected chi connectivity index (χ1v) is 7.72. The van der Waals surface area contributed by atoms with Crippen molar-refractivity contribution in [2.24, 2.45) is 0 Å². The van der Waals surface area contributed by atoms with E-state index in [-0.39, 0.29) is 28.3 Å². The van der Waals surface area contributed by atoms with Crippen LogP contribution in [0.5, 0.6) is 11.5 Å². The Bertz CT molecular complexity index is 737. The number of carbonyl (C=O) groups excluding carboxylic acids is 1. The van der Waals surface area contributed by atoms with E-state index in [4.69, 9.17) is 27.9 Å². The third-order valence-electron chi connectivity index (χ3n) is 3.45. The highest BCUT2D eigenvalue weighted by Crippen LogP contribution is 2.34. The van der Waals surface area contributed by atoms with Crippen molar-refractivity contribution < 1.29 is 14.6 Å². The van der Waals surface area contributed by atoms with E-state index in [1.807, 2.05) is 32.9 Å². The van der Waals surface area contributed by atoms with Gasteiger partial charge in [-0.05, 0) is 55.7 Å². The van der Waals surface area contributed by atoms with Crippen LogP contribution in [0.4, 0.5) is 5.69 Å². The molecule has 2 rings (SSSR count). The van der Waals surface area contributed by atoms with Gasteiger partial charge in [-0.25, -0.2) is 0 Å². The largest absolute Gasteiger partial charge is 0.505 e. The van der Waals surface area contributed by atoms with Crippen LogP contribution in [0.1, 0.15) is 16.7 Å². The van der Waals surface area contributed by atoms with E-state index < -0.39 is 0 Å². The van der Waals surface area contributed by atoms with Crippen molar-refractivity contribution in [1.82, 2.24) is 0 Å². The van der Waals surface area contributed by atoms with Crippen LogP contribution < -0.4 is 10.1 Å². The van der Waals surface area contributed by atoms with Crippen LogP contribution in [0.15, 0.2) is 24.3 Å². The maximum Gasteiger partial charge on any atom is 0.262 e. The molecule has 2 N–H and O–H groups in total. The summed E-state index contributed by atoms with van der Waals surface area (Å²) in [6.45, 7) is 5.80. The van der Waals surface area contributed by atoms with Crippen molar-refractivity contribution in [3.63, 3.8) is 0 Å². The number of phenols is 1. The van der Waals surface area contributed by atoms with Gasteiger partial charge in [-0.15, -0.1) is 0 Å². The molecule has 0 atom stereocenters. The molecule has 122 valence electrons. The molecule has 2 aromatic rings. The van der Waals surface area contributed by atoms with E-state index in [1.54, 1.807) is 0 Å². The molecule has 0 aliphatic rings. The van der Waals surface area contributed by atoms with Gasteiger partial charge in [-0.3, -0.25) is 4.79 Å². The van der Waals surface area contributed by atoms with Crippen LogP contribution in [-0.4, -0.2) is 17.6 Å². The number of carbonyl (C=O) groups is 1. The van der Waals surface area contributed by atoms with Crippen LogP contribution >= 0.6 is 23.2 Å². The Balaban J connectivity index is 2.02. The lowest BCUT2D eigenvalue weighted by molar-refractivity contribution is -0.118. The number of aryl methyl sites for hydroxylation is 3. The molecule has 23 heavy (non-hydrogen) atoms. The number of rotatable bonds is 4. The van der Waals surface area contributed by atoms with Crippen LogP contribution in [0.3, 0.4) is 0 Å². The van der Waals surface area contributed by atoms with Gasteiger partial charge >= 0.3 is 0 Å². The normalized spacial score (nSPS) is 10.5. The Morgan fingerprint density at radius 1 is 1.04 bits per heavy atom. The van der Waals surface area contributed by atoms with Crippen molar-refractivity contribution in [1.29, 1.82) is 0 Å². The number of anilines is 1. The zero-order chi connectivity index (χ0) is 17.1. The Kier molecular flexibility index (Phi) is 5.39. The molecule has 0 unspecified atom stereocenters. The van der Waals surface area contributed by atoms with Crippen molar-refractivity contribution >= 4 is 34.8 Å². The Morgan fingerprint density at radius 2 is 1.61 bits per heavy atom. The van der Waals surface area contributed by atoms with Gasteiger partial charge in [0.1, 0.15) is 5.75 Å². The number of hydrogen-bond donors (Lipinski definition) is 2. The Labute approximate surface area is 145 Å². The fourth-order valence-electron chi connectivity index (χ4n) is 2.07. The minimum absolute atomic E-state index is 0.0683. The monoisotopic (exact) mass is 353 g/mol. The minimum atomic E-state index is -0.347. The highest BCUT2D eigenvalue weighted by atomic mass is 35.5. The summed E-state index contributed by atoms with van der Waals surface area (Å²) < 4.78 is 5.56. The zero-order valence-corrected chi connectivity index (χ0v) is 14.5. The van der Waals surface area contributed by atoms with Gasteiger partial charge in [0, 0.05) is 5.69 Å². The number of nitrogens with one attached hydrogen (secondary N) is 1. The van der Waals surface area contributed by atoms with Gasteiger partial charge in [0.2, 0.25) is 0 Å². The standard InChI is InChI=1S/C17H17Cl2NO3/c1-9-4-11(3)15(5-10(9)2)23-8-16(21)20-12-6-13(18)17(22)14(19)7-12/h4-7,22H,8H2,1-3H3,(H,20,21). The number of aromatic hydroxyl groups is 1. The van der Waals surface area contributed by atoms with E-state index in [9.17, 15) is 9.90 Å². The van der Waals surface area contributed by atoms with Crippen molar-refractivity contribution in [2.45, 2.75) is 20.8 Å². The van der Waals surface area contributed by atoms with Crippen molar-refractivity contribution in [3.8, 4) is 11.5 Å². The summed E-state index contributed by atoms with van der Waals surface area (Å²) in [6, 6.07) is 6.76. The second-order valence-electron chi connectivity index (χ2n) is 5.33. The van der Waals surface area contributed by atoms with Gasteiger partial charge in [-0.2, -0.15) is 0 Å². The summed E-state index contributed by atoms with van der Waals surface area (Å²) >= 11 is 11.6. The van der Waals surface area contributed by atoms with Gasteiger partial charge in [0.25, 0.3) is 5.91 Å². The molecule has 0 fully saturated rings. The Morgan fingerprint density at radius 3 is 2.22 bits per heavy atom. The van der Waals surface area contributed by atoms with E-state index in [1.165, 1.54) is 17.7 Å². The number of ether oxygens (including phenoxy) is 1. The van der Waals surface area contributed by atoms with E-state index in [2.05, 4.69) is 5.32 Å². The summed E-state index contributed by atoms with van der Waals surface area (Å²) in [5.41, 5.74) is 3.63. The summed E-state index contributed by atoms with van der Waals surface area (Å²) in [5.74, 6) is 0.110. The topological polar surface area (TPSA) is 58.6 Å². The lowest BCUT2D eigenvalue weighted by Gasteiger charge is -2.12. The molecule has 0 aliphatic heterocycles. The van der Waals surface area contributed by atoms with E-state index in [0.29, 0.717) is 11.4 Å². The second kappa shape index (κ2) is 7.11. The minimum Gasteiger partial charge on any atom is -0.505 e. The lowest BCUT2D eigenvalue weighted by Crippen LogP contribution is -2.20. The molecule has 0 saturated heterocycles. The first kappa shape index (κ1) is 17.4. The SMILES string of the molecule is Cc1cc(C)c(OCC(=O)Nc2cc(Cl)c(O)c(Cl)c2)cc1C. The predicted molar refractivity (Wildman–Crippen MR) is 92.9 cm³/mol. The molecule has 0 aliphatic carbocycles. The molecule has 4 nitrogen and oxygen atoms in total. The average molecular weight is 354 g/mol. The summed E-state index contributed by atoms with van der Waals surface area (Å²) in [4.78, 5) is 12.0. The highest BCUT2D eigenvalue weighted by molar-refractivity contribution is 6.37. The van der Waals surface area contributed by atoms with Crippen LogP contribution in [0, 0.1) is 20.8 Å². The maximum atomic E-state index is 12.0. The van der Waals surface area contributed by atoms with Gasteiger partial charge < -0.3 is 15.2 Å². The van der Waals surface area contributed by atoms with Crippen LogP contribution in [0.25, 0.3) is 0 Å². The van der Waals surface area contributed by atoms with E-state index >= 15 is 0 Å². The molecule has 0 heterocycles. The fourth-order valence-corrected chi connectivity index (χ4v) is 2.55.